The number of methoxy groups -OCH3 is 2. The van der Waals surface area contributed by atoms with E-state index in [1.54, 1.807) is 38.5 Å². The Labute approximate surface area is 175 Å². The second-order valence-corrected chi connectivity index (χ2v) is 7.52. The summed E-state index contributed by atoms with van der Waals surface area (Å²) >= 11 is 0. The van der Waals surface area contributed by atoms with Crippen LogP contribution in [0.4, 0.5) is 11.4 Å². The molecule has 0 radical (unpaired) electrons. The number of fused-ring (bicyclic) bond motifs is 4. The Balaban J connectivity index is 2.10. The van der Waals surface area contributed by atoms with Gasteiger partial charge in [0, 0.05) is 46.5 Å². The van der Waals surface area contributed by atoms with Gasteiger partial charge >= 0.3 is 0 Å². The fourth-order valence-electron chi connectivity index (χ4n) is 4.20. The van der Waals surface area contributed by atoms with Gasteiger partial charge in [0.15, 0.2) is 0 Å². The fraction of sp³-hybridized carbons (Fsp3) is 0.455. The Kier molecular flexibility index (Phi) is 6.87. The van der Waals surface area contributed by atoms with Gasteiger partial charge in [0.05, 0.1) is 24.1 Å². The molecule has 0 amide bonds. The van der Waals surface area contributed by atoms with Crippen molar-refractivity contribution in [1.29, 1.82) is 0 Å². The quantitative estimate of drug-likeness (QED) is 0.517. The standard InChI is InChI=1S/C22H26N2O6/c1-29-21-15-7-5-3-4-6-8-16-12-20(24(27)28)14-18(22(16)30-2)10-9-17(21)13-19(11-15)23(25)26/h11-14H,3-10H2,1-2H3. The highest BCUT2D eigenvalue weighted by Crippen LogP contribution is 2.35. The van der Waals surface area contributed by atoms with E-state index in [0.29, 0.717) is 24.3 Å². The number of hydrogen-bond acceptors (Lipinski definition) is 6. The zero-order valence-corrected chi connectivity index (χ0v) is 17.3. The molecule has 2 aromatic carbocycles. The maximum absolute atomic E-state index is 11.5. The van der Waals surface area contributed by atoms with Gasteiger partial charge in [-0.1, -0.05) is 12.8 Å². The molecule has 2 aromatic rings. The third kappa shape index (κ3) is 4.69. The Morgan fingerprint density at radius 3 is 1.27 bits per heavy atom. The van der Waals surface area contributed by atoms with Crippen LogP contribution in [-0.4, -0.2) is 24.1 Å². The van der Waals surface area contributed by atoms with E-state index in [9.17, 15) is 20.2 Å². The number of nitro groups is 2. The molecule has 0 unspecified atom stereocenters. The lowest BCUT2D eigenvalue weighted by Gasteiger charge is -2.17. The first kappa shape index (κ1) is 21.5. The SMILES string of the molecule is COc1c2cc([N+](=O)[O-])cc1CCc1cc([N+](=O)[O-])cc(c1OC)CCCCCC2. The van der Waals surface area contributed by atoms with Crippen molar-refractivity contribution < 1.29 is 19.3 Å². The monoisotopic (exact) mass is 414 g/mol. The van der Waals surface area contributed by atoms with Crippen LogP contribution in [0, 0.1) is 20.2 Å². The first-order valence-electron chi connectivity index (χ1n) is 10.1. The number of non-ortho nitro benzene ring substituents is 2. The van der Waals surface area contributed by atoms with E-state index in [1.807, 2.05) is 0 Å². The van der Waals surface area contributed by atoms with Crippen LogP contribution in [0.2, 0.25) is 0 Å². The number of ether oxygens (including phenoxy) is 2. The zero-order valence-electron chi connectivity index (χ0n) is 17.3. The summed E-state index contributed by atoms with van der Waals surface area (Å²) in [5.74, 6) is 1.34. The molecule has 0 aromatic heterocycles. The van der Waals surface area contributed by atoms with E-state index < -0.39 is 0 Å². The minimum absolute atomic E-state index is 0.0413. The summed E-state index contributed by atoms with van der Waals surface area (Å²) in [6, 6.07) is 6.28. The molecule has 0 saturated heterocycles. The molecule has 0 heterocycles. The topological polar surface area (TPSA) is 105 Å². The lowest BCUT2D eigenvalue weighted by Crippen LogP contribution is -2.05. The minimum Gasteiger partial charge on any atom is -0.496 e. The van der Waals surface area contributed by atoms with Crippen molar-refractivity contribution in [2.75, 3.05) is 14.2 Å². The maximum atomic E-state index is 11.5. The largest absolute Gasteiger partial charge is 0.496 e. The first-order valence-corrected chi connectivity index (χ1v) is 10.1. The molecule has 0 saturated carbocycles. The number of benzene rings is 2. The number of nitrogens with zero attached hydrogens (tertiary/aromatic N) is 2. The maximum Gasteiger partial charge on any atom is 0.270 e. The second kappa shape index (κ2) is 9.56. The molecule has 160 valence electrons. The van der Waals surface area contributed by atoms with Crippen LogP contribution in [0.25, 0.3) is 0 Å². The second-order valence-electron chi connectivity index (χ2n) is 7.52. The van der Waals surface area contributed by atoms with Gasteiger partial charge < -0.3 is 9.47 Å². The molecule has 0 spiro atoms. The third-order valence-electron chi connectivity index (χ3n) is 5.59. The fourth-order valence-corrected chi connectivity index (χ4v) is 4.20. The van der Waals surface area contributed by atoms with Crippen LogP contribution in [0.5, 0.6) is 11.5 Å². The van der Waals surface area contributed by atoms with Crippen molar-refractivity contribution >= 4 is 11.4 Å². The van der Waals surface area contributed by atoms with Crippen molar-refractivity contribution in [3.05, 3.63) is 66.7 Å². The Bertz CT molecular complexity index is 880. The van der Waals surface area contributed by atoms with E-state index in [1.165, 1.54) is 0 Å². The summed E-state index contributed by atoms with van der Waals surface area (Å²) in [6.07, 6.45) is 6.07. The van der Waals surface area contributed by atoms with Gasteiger partial charge in [0.2, 0.25) is 0 Å². The van der Waals surface area contributed by atoms with Crippen LogP contribution in [0.3, 0.4) is 0 Å². The first-order chi connectivity index (χ1) is 14.4. The molecule has 1 aliphatic carbocycles. The summed E-state index contributed by atoms with van der Waals surface area (Å²) in [5, 5.41) is 22.9. The van der Waals surface area contributed by atoms with Crippen molar-refractivity contribution in [2.24, 2.45) is 0 Å². The van der Waals surface area contributed by atoms with Gasteiger partial charge in [-0.2, -0.15) is 0 Å². The molecule has 3 rings (SSSR count). The summed E-state index contributed by atoms with van der Waals surface area (Å²) in [6.45, 7) is 0. The molecule has 0 aliphatic heterocycles. The van der Waals surface area contributed by atoms with Crippen molar-refractivity contribution in [1.82, 2.24) is 0 Å². The summed E-state index contributed by atoms with van der Waals surface area (Å²) < 4.78 is 11.2. The third-order valence-corrected chi connectivity index (χ3v) is 5.59. The van der Waals surface area contributed by atoms with Crippen LogP contribution in [0.15, 0.2) is 24.3 Å². The lowest BCUT2D eigenvalue weighted by molar-refractivity contribution is -0.385. The molecule has 1 aliphatic rings. The van der Waals surface area contributed by atoms with Gasteiger partial charge in [-0.3, -0.25) is 20.2 Å². The van der Waals surface area contributed by atoms with E-state index in [2.05, 4.69) is 0 Å². The summed E-state index contributed by atoms with van der Waals surface area (Å²) in [4.78, 5) is 22.1. The highest BCUT2D eigenvalue weighted by molar-refractivity contribution is 5.53. The van der Waals surface area contributed by atoms with E-state index in [0.717, 1.165) is 60.8 Å². The van der Waals surface area contributed by atoms with E-state index in [-0.39, 0.29) is 21.2 Å². The molecule has 8 nitrogen and oxygen atoms in total. The van der Waals surface area contributed by atoms with Crippen molar-refractivity contribution in [2.45, 2.75) is 51.4 Å². The number of nitro benzene ring substituents is 2. The molecule has 0 N–H and O–H groups in total. The van der Waals surface area contributed by atoms with Gasteiger partial charge in [-0.05, 0) is 38.5 Å². The summed E-state index contributed by atoms with van der Waals surface area (Å²) in [7, 11) is 3.15. The average Bonchev–Trinajstić information content (AvgIpc) is 2.72. The molecule has 30 heavy (non-hydrogen) atoms. The molecule has 0 fully saturated rings. The van der Waals surface area contributed by atoms with Crippen molar-refractivity contribution in [3.63, 3.8) is 0 Å². The van der Waals surface area contributed by atoms with Crippen LogP contribution < -0.4 is 9.47 Å². The number of aryl methyl sites for hydroxylation is 4. The van der Waals surface area contributed by atoms with Gasteiger partial charge in [0.25, 0.3) is 11.4 Å². The van der Waals surface area contributed by atoms with Crippen LogP contribution in [0.1, 0.15) is 47.9 Å². The molecule has 8 heteroatoms. The molecular weight excluding hydrogens is 388 g/mol. The highest BCUT2D eigenvalue weighted by Gasteiger charge is 2.21. The average molecular weight is 414 g/mol. The molecule has 4 bridgehead atoms. The van der Waals surface area contributed by atoms with Gasteiger partial charge in [-0.15, -0.1) is 0 Å². The zero-order chi connectivity index (χ0) is 21.7. The van der Waals surface area contributed by atoms with Crippen molar-refractivity contribution in [3.8, 4) is 11.5 Å². The van der Waals surface area contributed by atoms with Crippen LogP contribution >= 0.6 is 0 Å². The van der Waals surface area contributed by atoms with E-state index >= 15 is 0 Å². The predicted octanol–water partition coefficient (Wildman–Crippen LogP) is 4.96. The van der Waals surface area contributed by atoms with Gasteiger partial charge in [-0.25, -0.2) is 0 Å². The predicted molar refractivity (Wildman–Crippen MR) is 113 cm³/mol. The smallest absolute Gasteiger partial charge is 0.270 e. The Hall–Kier alpha value is -3.16. The molecular formula is C22H26N2O6. The normalized spacial score (nSPS) is 14.5. The number of hydrogen-bond donors (Lipinski definition) is 0. The molecule has 0 atom stereocenters. The van der Waals surface area contributed by atoms with E-state index in [4.69, 9.17) is 9.47 Å². The number of rotatable bonds is 4. The van der Waals surface area contributed by atoms with Crippen LogP contribution in [-0.2, 0) is 25.7 Å². The van der Waals surface area contributed by atoms with Gasteiger partial charge in [0.1, 0.15) is 11.5 Å². The Morgan fingerprint density at radius 1 is 0.633 bits per heavy atom. The minimum atomic E-state index is -0.387. The lowest BCUT2D eigenvalue weighted by atomic mass is 9.93. The Morgan fingerprint density at radius 2 is 0.967 bits per heavy atom. The summed E-state index contributed by atoms with van der Waals surface area (Å²) in [5.41, 5.74) is 3.22. The highest BCUT2D eigenvalue weighted by atomic mass is 16.6.